The highest BCUT2D eigenvalue weighted by Crippen LogP contribution is 2.50. The Kier molecular flexibility index (Phi) is 10.9. The van der Waals surface area contributed by atoms with Crippen molar-refractivity contribution in [3.05, 3.63) is 93.7 Å². The highest BCUT2D eigenvalue weighted by Gasteiger charge is 2.30. The number of nitrogens with zero attached hydrogens (tertiary/aromatic N) is 2. The average molecular weight is 682 g/mol. The normalized spacial score (nSPS) is 14.6. The summed E-state index contributed by atoms with van der Waals surface area (Å²) in [7, 11) is 6.38. The summed E-state index contributed by atoms with van der Waals surface area (Å²) in [4.78, 5) is 57.0. The van der Waals surface area contributed by atoms with E-state index in [9.17, 15) is 19.2 Å². The number of benzene rings is 2. The molecule has 262 valence electrons. The van der Waals surface area contributed by atoms with E-state index in [1.807, 2.05) is 26.0 Å². The first-order chi connectivity index (χ1) is 24.0. The van der Waals surface area contributed by atoms with Gasteiger partial charge in [0.2, 0.25) is 28.8 Å². The Morgan fingerprint density at radius 2 is 1.72 bits per heavy atom. The largest absolute Gasteiger partial charge is 0.493 e. The fourth-order valence-electron chi connectivity index (χ4n) is 6.33. The number of amides is 2. The SMILES string of the molecule is CC[C@@H](C)[C@H](Nc1ccc2c(cc1=O)[C@@H](NC(C)=O)CCc1cc(OC)c(OC)c(OC)c1-2)C(=O)Nc1ccc(C(=O)c2nccn2C)cc1. The molecule has 1 heterocycles. The van der Waals surface area contributed by atoms with E-state index in [1.165, 1.54) is 20.1 Å². The number of hydrogen-bond donors (Lipinski definition) is 3. The number of ketones is 1. The van der Waals surface area contributed by atoms with Crippen LogP contribution in [0.15, 0.2) is 65.7 Å². The van der Waals surface area contributed by atoms with Gasteiger partial charge in [0.15, 0.2) is 17.3 Å². The Morgan fingerprint density at radius 3 is 2.32 bits per heavy atom. The number of aromatic nitrogens is 2. The number of imidazole rings is 1. The number of ether oxygens (including phenoxy) is 3. The van der Waals surface area contributed by atoms with Gasteiger partial charge in [0.05, 0.1) is 33.1 Å². The van der Waals surface area contributed by atoms with Crippen LogP contribution in [0.2, 0.25) is 0 Å². The van der Waals surface area contributed by atoms with Gasteiger partial charge in [-0.1, -0.05) is 26.3 Å². The molecule has 1 aliphatic carbocycles. The number of nitrogens with one attached hydrogen (secondary N) is 3. The predicted octanol–water partition coefficient (Wildman–Crippen LogP) is 5.29. The van der Waals surface area contributed by atoms with Crippen molar-refractivity contribution in [1.29, 1.82) is 0 Å². The first kappa shape index (κ1) is 35.7. The fourth-order valence-corrected chi connectivity index (χ4v) is 6.33. The Labute approximate surface area is 291 Å². The molecule has 0 aliphatic heterocycles. The lowest BCUT2D eigenvalue weighted by Crippen LogP contribution is -2.40. The molecule has 0 saturated heterocycles. The van der Waals surface area contributed by atoms with Crippen LogP contribution in [0, 0.1) is 5.92 Å². The Balaban J connectivity index is 1.51. The van der Waals surface area contributed by atoms with Gasteiger partial charge in [0, 0.05) is 43.2 Å². The number of carbonyl (C=O) groups is 3. The van der Waals surface area contributed by atoms with Gasteiger partial charge in [-0.15, -0.1) is 0 Å². The van der Waals surface area contributed by atoms with E-state index in [4.69, 9.17) is 14.2 Å². The number of methoxy groups -OCH3 is 3. The molecule has 3 atom stereocenters. The summed E-state index contributed by atoms with van der Waals surface area (Å²) in [6.45, 7) is 5.35. The van der Waals surface area contributed by atoms with Crippen LogP contribution in [0.3, 0.4) is 0 Å². The molecule has 3 N–H and O–H groups in total. The summed E-state index contributed by atoms with van der Waals surface area (Å²) in [6.07, 6.45) is 5.01. The Bertz CT molecular complexity index is 1970. The van der Waals surface area contributed by atoms with Crippen LogP contribution < -0.4 is 35.6 Å². The zero-order chi connectivity index (χ0) is 36.1. The van der Waals surface area contributed by atoms with Crippen LogP contribution in [0.4, 0.5) is 11.4 Å². The molecular weight excluding hydrogens is 638 g/mol. The zero-order valence-corrected chi connectivity index (χ0v) is 29.4. The third-order valence-corrected chi connectivity index (χ3v) is 9.16. The van der Waals surface area contributed by atoms with E-state index in [2.05, 4.69) is 20.9 Å². The maximum atomic E-state index is 14.0. The van der Waals surface area contributed by atoms with Gasteiger partial charge in [-0.3, -0.25) is 19.2 Å². The fraction of sp³-hybridized carbons (Fsp3) is 0.342. The van der Waals surface area contributed by atoms with Crippen molar-refractivity contribution < 1.29 is 28.6 Å². The smallest absolute Gasteiger partial charge is 0.247 e. The van der Waals surface area contributed by atoms with E-state index in [0.717, 1.165) is 11.1 Å². The molecule has 12 heteroatoms. The first-order valence-corrected chi connectivity index (χ1v) is 16.5. The second-order valence-corrected chi connectivity index (χ2v) is 12.4. The lowest BCUT2D eigenvalue weighted by atomic mass is 9.95. The van der Waals surface area contributed by atoms with E-state index in [0.29, 0.717) is 64.7 Å². The van der Waals surface area contributed by atoms with E-state index in [-0.39, 0.29) is 34.6 Å². The highest BCUT2D eigenvalue weighted by molar-refractivity contribution is 6.07. The Hall–Kier alpha value is -5.65. The molecule has 4 aromatic rings. The van der Waals surface area contributed by atoms with Gasteiger partial charge in [0.25, 0.3) is 0 Å². The van der Waals surface area contributed by atoms with Crippen LogP contribution in [-0.2, 0) is 23.1 Å². The minimum absolute atomic E-state index is 0.160. The molecule has 2 amide bonds. The molecule has 12 nitrogen and oxygen atoms in total. The molecule has 1 aromatic heterocycles. The number of fused-ring (bicyclic) bond motifs is 3. The summed E-state index contributed by atoms with van der Waals surface area (Å²) < 4.78 is 18.8. The van der Waals surface area contributed by atoms with Gasteiger partial charge in [-0.05, 0) is 77.9 Å². The van der Waals surface area contributed by atoms with Crippen LogP contribution >= 0.6 is 0 Å². The third kappa shape index (κ3) is 7.19. The van der Waals surface area contributed by atoms with Crippen molar-refractivity contribution in [3.63, 3.8) is 0 Å². The molecule has 0 saturated carbocycles. The van der Waals surface area contributed by atoms with Crippen molar-refractivity contribution in [1.82, 2.24) is 14.9 Å². The van der Waals surface area contributed by atoms with Gasteiger partial charge in [-0.2, -0.15) is 0 Å². The first-order valence-electron chi connectivity index (χ1n) is 16.5. The number of rotatable bonds is 12. The molecule has 0 fully saturated rings. The third-order valence-electron chi connectivity index (χ3n) is 9.16. The average Bonchev–Trinajstić information content (AvgIpc) is 3.41. The highest BCUT2D eigenvalue weighted by atomic mass is 16.5. The van der Waals surface area contributed by atoms with Crippen molar-refractivity contribution in [3.8, 4) is 28.4 Å². The van der Waals surface area contributed by atoms with Crippen molar-refractivity contribution >= 4 is 29.0 Å². The lowest BCUT2D eigenvalue weighted by Gasteiger charge is -2.24. The molecule has 5 rings (SSSR count). The van der Waals surface area contributed by atoms with Crippen LogP contribution in [0.1, 0.15) is 67.0 Å². The summed E-state index contributed by atoms with van der Waals surface area (Å²) >= 11 is 0. The molecule has 0 unspecified atom stereocenters. The minimum Gasteiger partial charge on any atom is -0.493 e. The van der Waals surface area contributed by atoms with Crippen LogP contribution in [0.25, 0.3) is 11.1 Å². The maximum absolute atomic E-state index is 14.0. The number of carbonyl (C=O) groups excluding carboxylic acids is 3. The van der Waals surface area contributed by atoms with Crippen LogP contribution in [0.5, 0.6) is 17.2 Å². The van der Waals surface area contributed by atoms with Crippen LogP contribution in [-0.4, -0.2) is 54.5 Å². The quantitative estimate of drug-likeness (QED) is 0.170. The molecule has 3 aromatic carbocycles. The van der Waals surface area contributed by atoms with E-state index >= 15 is 0 Å². The molecular formula is C38H43N5O7. The van der Waals surface area contributed by atoms with E-state index in [1.54, 1.807) is 68.6 Å². The number of anilines is 2. The molecule has 1 aliphatic rings. The summed E-state index contributed by atoms with van der Waals surface area (Å²) in [6, 6.07) is 12.3. The minimum atomic E-state index is -0.777. The van der Waals surface area contributed by atoms with Gasteiger partial charge in [0.1, 0.15) is 6.04 Å². The predicted molar refractivity (Wildman–Crippen MR) is 191 cm³/mol. The van der Waals surface area contributed by atoms with Gasteiger partial charge in [-0.25, -0.2) is 4.98 Å². The molecule has 50 heavy (non-hydrogen) atoms. The topological polar surface area (TPSA) is 150 Å². The summed E-state index contributed by atoms with van der Waals surface area (Å²) in [5.74, 6) is 0.721. The number of aryl methyl sites for hydroxylation is 2. The van der Waals surface area contributed by atoms with Crippen molar-refractivity contribution in [2.45, 2.75) is 52.1 Å². The summed E-state index contributed by atoms with van der Waals surface area (Å²) in [5.41, 5.74) is 3.76. The molecule has 0 radical (unpaired) electrons. The van der Waals surface area contributed by atoms with Gasteiger partial charge < -0.3 is 34.7 Å². The standard InChI is InChI=1S/C38H43N5O7/c1-8-21(2)33(38(47)41-25-12-9-23(10-13-25)34(46)37-39-17-18-43(37)4)42-29-16-14-26-27(20-30(29)45)28(40-22(3)44)15-11-24-19-31(48-5)35(49-6)36(50-7)32(24)26/h9-10,12-14,16-21,28,33H,8,11,15H2,1-7H3,(H,40,44)(H,41,47)(H,42,45)/t21-,28+,33+/m1/s1. The Morgan fingerprint density at radius 1 is 1.00 bits per heavy atom. The summed E-state index contributed by atoms with van der Waals surface area (Å²) in [5, 5.41) is 9.17. The molecule has 0 bridgehead atoms. The second kappa shape index (κ2) is 15.3. The van der Waals surface area contributed by atoms with Crippen molar-refractivity contribution in [2.24, 2.45) is 13.0 Å². The monoisotopic (exact) mass is 681 g/mol. The lowest BCUT2D eigenvalue weighted by molar-refractivity contribution is -0.120. The van der Waals surface area contributed by atoms with Crippen molar-refractivity contribution in [2.75, 3.05) is 32.0 Å². The maximum Gasteiger partial charge on any atom is 0.247 e. The zero-order valence-electron chi connectivity index (χ0n) is 29.4. The number of hydrogen-bond acceptors (Lipinski definition) is 9. The second-order valence-electron chi connectivity index (χ2n) is 12.4. The molecule has 0 spiro atoms. The van der Waals surface area contributed by atoms with Gasteiger partial charge >= 0.3 is 0 Å². The van der Waals surface area contributed by atoms with E-state index < -0.39 is 12.1 Å².